The number of fused-ring (bicyclic) bond motifs is 1. The molecule has 0 radical (unpaired) electrons. The zero-order valence-corrected chi connectivity index (χ0v) is 14.7. The standard InChI is InChI=1S/C19H22N4O2/c1-13(2)23-19-15(11-21-23)10-16(12-20-19)22-18(24)8-7-14-5-4-6-17(9-14)25-3/h4-6,9-13H,7-8H2,1-3H3,(H,22,24). The number of aryl methyl sites for hydroxylation is 1. The van der Waals surface area contributed by atoms with Gasteiger partial charge in [0.1, 0.15) is 5.75 Å². The SMILES string of the molecule is COc1cccc(CCC(=O)Nc2cnc3c(cnn3C(C)C)c2)c1. The minimum Gasteiger partial charge on any atom is -0.497 e. The van der Waals surface area contributed by atoms with Crippen molar-refractivity contribution in [3.8, 4) is 5.75 Å². The molecule has 0 bridgehead atoms. The minimum absolute atomic E-state index is 0.0415. The van der Waals surface area contributed by atoms with Crippen LogP contribution in [0.5, 0.6) is 5.75 Å². The summed E-state index contributed by atoms with van der Waals surface area (Å²) in [7, 11) is 1.64. The van der Waals surface area contributed by atoms with E-state index in [9.17, 15) is 4.79 Å². The van der Waals surface area contributed by atoms with Crippen molar-refractivity contribution in [1.29, 1.82) is 0 Å². The average molecular weight is 338 g/mol. The Morgan fingerprint density at radius 3 is 2.88 bits per heavy atom. The van der Waals surface area contributed by atoms with E-state index >= 15 is 0 Å². The molecule has 0 aliphatic rings. The molecule has 130 valence electrons. The minimum atomic E-state index is -0.0415. The van der Waals surface area contributed by atoms with Gasteiger partial charge in [-0.1, -0.05) is 12.1 Å². The average Bonchev–Trinajstić information content (AvgIpc) is 3.03. The van der Waals surface area contributed by atoms with Crippen LogP contribution in [-0.4, -0.2) is 27.8 Å². The Bertz CT molecular complexity index is 886. The molecule has 0 fully saturated rings. The topological polar surface area (TPSA) is 69.0 Å². The molecular weight excluding hydrogens is 316 g/mol. The van der Waals surface area contributed by atoms with Gasteiger partial charge in [-0.05, 0) is 44.0 Å². The lowest BCUT2D eigenvalue weighted by Gasteiger charge is -2.08. The number of benzene rings is 1. The summed E-state index contributed by atoms with van der Waals surface area (Å²) in [6.45, 7) is 4.12. The molecular formula is C19H22N4O2. The molecule has 1 aromatic carbocycles. The van der Waals surface area contributed by atoms with E-state index in [4.69, 9.17) is 4.74 Å². The Morgan fingerprint density at radius 1 is 1.28 bits per heavy atom. The Morgan fingerprint density at radius 2 is 2.12 bits per heavy atom. The molecule has 6 nitrogen and oxygen atoms in total. The molecule has 1 amide bonds. The van der Waals surface area contributed by atoms with Gasteiger partial charge in [-0.2, -0.15) is 5.10 Å². The highest BCUT2D eigenvalue weighted by Gasteiger charge is 2.09. The molecule has 25 heavy (non-hydrogen) atoms. The first kappa shape index (κ1) is 17.0. The van der Waals surface area contributed by atoms with Crippen LogP contribution in [0, 0.1) is 0 Å². The first-order valence-electron chi connectivity index (χ1n) is 8.33. The van der Waals surface area contributed by atoms with Crippen LogP contribution < -0.4 is 10.1 Å². The van der Waals surface area contributed by atoms with Crippen LogP contribution in [0.1, 0.15) is 31.9 Å². The summed E-state index contributed by atoms with van der Waals surface area (Å²) in [6.07, 6.45) is 4.50. The second kappa shape index (κ2) is 7.34. The van der Waals surface area contributed by atoms with E-state index in [0.29, 0.717) is 18.5 Å². The summed E-state index contributed by atoms with van der Waals surface area (Å²) in [6, 6.07) is 9.90. The molecule has 0 unspecified atom stereocenters. The zero-order valence-electron chi connectivity index (χ0n) is 14.7. The highest BCUT2D eigenvalue weighted by Crippen LogP contribution is 2.19. The molecule has 0 aliphatic carbocycles. The van der Waals surface area contributed by atoms with Gasteiger partial charge in [-0.25, -0.2) is 9.67 Å². The van der Waals surface area contributed by atoms with Gasteiger partial charge in [0, 0.05) is 17.8 Å². The summed E-state index contributed by atoms with van der Waals surface area (Å²) in [5.74, 6) is 0.759. The van der Waals surface area contributed by atoms with Crippen molar-refractivity contribution in [3.05, 3.63) is 48.3 Å². The quantitative estimate of drug-likeness (QED) is 0.746. The highest BCUT2D eigenvalue weighted by atomic mass is 16.5. The summed E-state index contributed by atoms with van der Waals surface area (Å²) in [4.78, 5) is 16.6. The van der Waals surface area contributed by atoms with Crippen molar-refractivity contribution < 1.29 is 9.53 Å². The zero-order chi connectivity index (χ0) is 17.8. The third-order valence-electron chi connectivity index (χ3n) is 3.98. The number of carbonyl (C=O) groups is 1. The van der Waals surface area contributed by atoms with E-state index in [0.717, 1.165) is 22.3 Å². The molecule has 0 saturated heterocycles. The Hall–Kier alpha value is -2.89. The van der Waals surface area contributed by atoms with Gasteiger partial charge >= 0.3 is 0 Å². The van der Waals surface area contributed by atoms with E-state index in [-0.39, 0.29) is 11.9 Å². The van der Waals surface area contributed by atoms with E-state index in [1.807, 2.05) is 35.0 Å². The number of amides is 1. The number of pyridine rings is 1. The number of anilines is 1. The van der Waals surface area contributed by atoms with Gasteiger partial charge < -0.3 is 10.1 Å². The molecule has 0 atom stereocenters. The molecule has 3 aromatic rings. The van der Waals surface area contributed by atoms with Crippen molar-refractivity contribution in [2.45, 2.75) is 32.7 Å². The number of aromatic nitrogens is 3. The maximum Gasteiger partial charge on any atom is 0.224 e. The maximum absolute atomic E-state index is 12.2. The lowest BCUT2D eigenvalue weighted by atomic mass is 10.1. The van der Waals surface area contributed by atoms with Crippen LogP contribution in [0.4, 0.5) is 5.69 Å². The first-order chi connectivity index (χ1) is 12.1. The number of methoxy groups -OCH3 is 1. The fraction of sp³-hybridized carbons (Fsp3) is 0.316. The monoisotopic (exact) mass is 338 g/mol. The molecule has 0 aliphatic heterocycles. The second-order valence-corrected chi connectivity index (χ2v) is 6.22. The molecule has 6 heteroatoms. The normalized spacial score (nSPS) is 11.0. The van der Waals surface area contributed by atoms with Gasteiger partial charge in [-0.3, -0.25) is 4.79 Å². The summed E-state index contributed by atoms with van der Waals surface area (Å²) >= 11 is 0. The lowest BCUT2D eigenvalue weighted by Crippen LogP contribution is -2.12. The van der Waals surface area contributed by atoms with Crippen LogP contribution in [0.2, 0.25) is 0 Å². The van der Waals surface area contributed by atoms with Crippen LogP contribution >= 0.6 is 0 Å². The Labute approximate surface area is 146 Å². The number of nitrogens with one attached hydrogen (secondary N) is 1. The van der Waals surface area contributed by atoms with Crippen LogP contribution in [-0.2, 0) is 11.2 Å². The van der Waals surface area contributed by atoms with Crippen LogP contribution in [0.15, 0.2) is 42.7 Å². The maximum atomic E-state index is 12.2. The van der Waals surface area contributed by atoms with Crippen molar-refractivity contribution in [3.63, 3.8) is 0 Å². The smallest absolute Gasteiger partial charge is 0.224 e. The molecule has 0 saturated carbocycles. The Balaban J connectivity index is 1.63. The van der Waals surface area contributed by atoms with Gasteiger partial charge in [0.2, 0.25) is 5.91 Å². The summed E-state index contributed by atoms with van der Waals surface area (Å²) < 4.78 is 7.07. The molecule has 3 rings (SSSR count). The van der Waals surface area contributed by atoms with Crippen molar-refractivity contribution in [1.82, 2.24) is 14.8 Å². The van der Waals surface area contributed by atoms with Gasteiger partial charge in [0.15, 0.2) is 5.65 Å². The molecule has 2 heterocycles. The van der Waals surface area contributed by atoms with E-state index in [1.54, 1.807) is 19.5 Å². The number of ether oxygens (including phenoxy) is 1. The van der Waals surface area contributed by atoms with Crippen molar-refractivity contribution >= 4 is 22.6 Å². The number of nitrogens with zero attached hydrogens (tertiary/aromatic N) is 3. The second-order valence-electron chi connectivity index (χ2n) is 6.22. The fourth-order valence-corrected chi connectivity index (χ4v) is 2.70. The number of hydrogen-bond donors (Lipinski definition) is 1. The van der Waals surface area contributed by atoms with Crippen molar-refractivity contribution in [2.75, 3.05) is 12.4 Å². The van der Waals surface area contributed by atoms with Gasteiger partial charge in [0.25, 0.3) is 0 Å². The number of hydrogen-bond acceptors (Lipinski definition) is 4. The Kier molecular flexibility index (Phi) is 4.97. The number of rotatable bonds is 6. The van der Waals surface area contributed by atoms with Crippen molar-refractivity contribution in [2.24, 2.45) is 0 Å². The fourth-order valence-electron chi connectivity index (χ4n) is 2.70. The summed E-state index contributed by atoms with van der Waals surface area (Å²) in [5.41, 5.74) is 2.58. The molecule has 2 aromatic heterocycles. The lowest BCUT2D eigenvalue weighted by molar-refractivity contribution is -0.116. The number of carbonyl (C=O) groups excluding carboxylic acids is 1. The largest absolute Gasteiger partial charge is 0.497 e. The predicted molar refractivity (Wildman–Crippen MR) is 97.9 cm³/mol. The third-order valence-corrected chi connectivity index (χ3v) is 3.98. The predicted octanol–water partition coefficient (Wildman–Crippen LogP) is 3.59. The van der Waals surface area contributed by atoms with Gasteiger partial charge in [-0.15, -0.1) is 0 Å². The summed E-state index contributed by atoms with van der Waals surface area (Å²) in [5, 5.41) is 8.15. The molecule has 1 N–H and O–H groups in total. The molecule has 0 spiro atoms. The van der Waals surface area contributed by atoms with Crippen LogP contribution in [0.3, 0.4) is 0 Å². The third kappa shape index (κ3) is 3.96. The van der Waals surface area contributed by atoms with E-state index in [1.165, 1.54) is 0 Å². The highest BCUT2D eigenvalue weighted by molar-refractivity contribution is 5.92. The van der Waals surface area contributed by atoms with Crippen LogP contribution in [0.25, 0.3) is 11.0 Å². The van der Waals surface area contributed by atoms with Gasteiger partial charge in [0.05, 0.1) is 25.2 Å². The van der Waals surface area contributed by atoms with E-state index < -0.39 is 0 Å². The van der Waals surface area contributed by atoms with E-state index in [2.05, 4.69) is 29.2 Å². The first-order valence-corrected chi connectivity index (χ1v) is 8.33.